The zero-order valence-corrected chi connectivity index (χ0v) is 18.9. The second kappa shape index (κ2) is 9.99. The third-order valence-corrected chi connectivity index (χ3v) is 5.01. The molecule has 0 aliphatic rings. The van der Waals surface area contributed by atoms with Gasteiger partial charge < -0.3 is 14.8 Å². The number of nitrogens with zero attached hydrogens (tertiary/aromatic N) is 6. The molecule has 0 unspecified atom stereocenters. The molecule has 4 aromatic rings. The highest BCUT2D eigenvalue weighted by atomic mass is 16.6. The number of nitro groups is 1. The Bertz CT molecular complexity index is 1410. The number of ether oxygens (including phenoxy) is 2. The maximum Gasteiger partial charge on any atom is 0.350 e. The van der Waals surface area contributed by atoms with Crippen molar-refractivity contribution in [2.45, 2.75) is 19.9 Å². The highest BCUT2D eigenvalue weighted by molar-refractivity contribution is 5.96. The van der Waals surface area contributed by atoms with Crippen molar-refractivity contribution in [2.24, 2.45) is 0 Å². The van der Waals surface area contributed by atoms with E-state index in [0.717, 1.165) is 5.56 Å². The van der Waals surface area contributed by atoms with E-state index in [4.69, 9.17) is 9.47 Å². The van der Waals surface area contributed by atoms with E-state index in [1.807, 2.05) is 6.07 Å². The number of methoxy groups -OCH3 is 1. The van der Waals surface area contributed by atoms with Gasteiger partial charge in [0.1, 0.15) is 11.8 Å². The van der Waals surface area contributed by atoms with Crippen LogP contribution in [0.4, 0.5) is 11.4 Å². The lowest BCUT2D eigenvalue weighted by Crippen LogP contribution is -2.14. The van der Waals surface area contributed by atoms with E-state index in [0.29, 0.717) is 17.0 Å². The van der Waals surface area contributed by atoms with Crippen molar-refractivity contribution in [1.82, 2.24) is 24.4 Å². The third-order valence-electron chi connectivity index (χ3n) is 5.01. The summed E-state index contributed by atoms with van der Waals surface area (Å²) in [7, 11) is 1.29. The summed E-state index contributed by atoms with van der Waals surface area (Å²) in [4.78, 5) is 39.3. The molecule has 0 atom stereocenters. The van der Waals surface area contributed by atoms with Gasteiger partial charge in [-0.15, -0.1) is 5.10 Å². The van der Waals surface area contributed by atoms with Crippen molar-refractivity contribution in [3.05, 3.63) is 64.6 Å². The van der Waals surface area contributed by atoms with Gasteiger partial charge in [0.2, 0.25) is 5.91 Å². The Morgan fingerprint density at radius 2 is 2.09 bits per heavy atom. The second-order valence-corrected chi connectivity index (χ2v) is 7.27. The largest absolute Gasteiger partial charge is 0.475 e. The van der Waals surface area contributed by atoms with Gasteiger partial charge in [-0.2, -0.15) is 5.10 Å². The van der Waals surface area contributed by atoms with Gasteiger partial charge in [0.25, 0.3) is 0 Å². The number of hydrogen-bond donors (Lipinski definition) is 1. The number of aryl methyl sites for hydroxylation is 1. The van der Waals surface area contributed by atoms with Gasteiger partial charge in [-0.05, 0) is 25.1 Å². The van der Waals surface area contributed by atoms with Crippen LogP contribution in [-0.2, 0) is 16.1 Å². The van der Waals surface area contributed by atoms with Gasteiger partial charge in [0.05, 0.1) is 37.1 Å². The minimum absolute atomic E-state index is 0.0355. The smallest absolute Gasteiger partial charge is 0.350 e. The molecule has 35 heavy (non-hydrogen) atoms. The first-order valence-corrected chi connectivity index (χ1v) is 10.6. The molecule has 4 rings (SSSR count). The fraction of sp³-hybridized carbons (Fsp3) is 0.227. The molecule has 13 heteroatoms. The predicted molar refractivity (Wildman–Crippen MR) is 123 cm³/mol. The molecule has 180 valence electrons. The zero-order valence-electron chi connectivity index (χ0n) is 18.9. The molecule has 0 aliphatic heterocycles. The number of fused-ring (bicyclic) bond motifs is 1. The molecule has 0 radical (unpaired) electrons. The number of nitrogens with one attached hydrogen (secondary N) is 1. The fourth-order valence-electron chi connectivity index (χ4n) is 3.44. The average molecular weight is 479 g/mol. The van der Waals surface area contributed by atoms with Crippen LogP contribution in [0, 0.1) is 10.1 Å². The standard InChI is InChI=1S/C22H21N7O6/c1-3-35-22(31)16-12-24-28-17(7-9-23-20(16)28)14-5-4-6-15(11-14)25-19(30)8-10-27-13-18(29(32)33)21(26-27)34-2/h4-7,9,11-13H,3,8,10H2,1-2H3,(H,25,30). The van der Waals surface area contributed by atoms with Crippen molar-refractivity contribution >= 4 is 28.9 Å². The van der Waals surface area contributed by atoms with Crippen LogP contribution < -0.4 is 10.1 Å². The van der Waals surface area contributed by atoms with E-state index in [2.05, 4.69) is 20.5 Å². The van der Waals surface area contributed by atoms with Crippen molar-refractivity contribution in [3.63, 3.8) is 0 Å². The number of aromatic nitrogens is 5. The maximum absolute atomic E-state index is 12.5. The summed E-state index contributed by atoms with van der Waals surface area (Å²) in [5, 5.41) is 22.1. The van der Waals surface area contributed by atoms with E-state index in [1.165, 1.54) is 28.7 Å². The van der Waals surface area contributed by atoms with Gasteiger partial charge in [-0.3, -0.25) is 19.6 Å². The molecule has 0 bridgehead atoms. The van der Waals surface area contributed by atoms with Crippen LogP contribution in [0.3, 0.4) is 0 Å². The molecular weight excluding hydrogens is 458 g/mol. The fourth-order valence-corrected chi connectivity index (χ4v) is 3.44. The molecule has 1 aromatic carbocycles. The second-order valence-electron chi connectivity index (χ2n) is 7.27. The molecule has 3 heterocycles. The Morgan fingerprint density at radius 1 is 1.26 bits per heavy atom. The van der Waals surface area contributed by atoms with Crippen LogP contribution in [0.5, 0.6) is 5.88 Å². The molecule has 0 fully saturated rings. The summed E-state index contributed by atoms with van der Waals surface area (Å²) >= 11 is 0. The number of esters is 1. The van der Waals surface area contributed by atoms with Crippen molar-refractivity contribution in [1.29, 1.82) is 0 Å². The molecule has 3 aromatic heterocycles. The number of anilines is 1. The minimum atomic E-state index is -0.598. The van der Waals surface area contributed by atoms with Crippen LogP contribution in [0.25, 0.3) is 16.9 Å². The van der Waals surface area contributed by atoms with Gasteiger partial charge in [-0.25, -0.2) is 14.3 Å². The van der Waals surface area contributed by atoms with Gasteiger partial charge in [0, 0.05) is 23.9 Å². The van der Waals surface area contributed by atoms with Crippen molar-refractivity contribution < 1.29 is 24.0 Å². The Labute approximate surface area is 198 Å². The summed E-state index contributed by atoms with van der Waals surface area (Å²) in [6, 6.07) is 8.85. The number of benzene rings is 1. The van der Waals surface area contributed by atoms with Crippen LogP contribution in [0.2, 0.25) is 0 Å². The van der Waals surface area contributed by atoms with E-state index in [-0.39, 0.29) is 42.6 Å². The lowest BCUT2D eigenvalue weighted by atomic mass is 10.1. The Balaban J connectivity index is 1.49. The number of carbonyl (C=O) groups is 2. The van der Waals surface area contributed by atoms with Crippen molar-refractivity contribution in [2.75, 3.05) is 19.0 Å². The Hall–Kier alpha value is -4.81. The first kappa shape index (κ1) is 23.4. The van der Waals surface area contributed by atoms with Gasteiger partial charge >= 0.3 is 17.5 Å². The number of amides is 1. The lowest BCUT2D eigenvalue weighted by molar-refractivity contribution is -0.385. The summed E-state index contributed by atoms with van der Waals surface area (Å²) in [5.74, 6) is -0.923. The number of carbonyl (C=O) groups excluding carboxylic acids is 2. The highest BCUT2D eigenvalue weighted by Crippen LogP contribution is 2.25. The molecule has 1 amide bonds. The average Bonchev–Trinajstić information content (AvgIpc) is 3.47. The first-order chi connectivity index (χ1) is 16.9. The lowest BCUT2D eigenvalue weighted by Gasteiger charge is -2.09. The van der Waals surface area contributed by atoms with Crippen LogP contribution in [-0.4, -0.2) is 54.9 Å². The summed E-state index contributed by atoms with van der Waals surface area (Å²) in [6.07, 6.45) is 4.23. The van der Waals surface area contributed by atoms with Crippen LogP contribution in [0.15, 0.2) is 48.9 Å². The number of rotatable bonds is 9. The molecule has 13 nitrogen and oxygen atoms in total. The number of hydrogen-bond acceptors (Lipinski definition) is 9. The minimum Gasteiger partial charge on any atom is -0.475 e. The molecule has 0 aliphatic carbocycles. The summed E-state index contributed by atoms with van der Waals surface area (Å²) < 4.78 is 12.8. The summed E-state index contributed by atoms with van der Waals surface area (Å²) in [5.41, 5.74) is 2.29. The van der Waals surface area contributed by atoms with E-state index < -0.39 is 10.9 Å². The van der Waals surface area contributed by atoms with Crippen molar-refractivity contribution in [3.8, 4) is 17.1 Å². The quantitative estimate of drug-likeness (QED) is 0.217. The monoisotopic (exact) mass is 479 g/mol. The molecular formula is C22H21N7O6. The molecule has 0 spiro atoms. The normalized spacial score (nSPS) is 10.8. The predicted octanol–water partition coefficient (Wildman–Crippen LogP) is 2.72. The first-order valence-electron chi connectivity index (χ1n) is 10.6. The van der Waals surface area contributed by atoms with Crippen LogP contribution in [0.1, 0.15) is 23.7 Å². The van der Waals surface area contributed by atoms with E-state index >= 15 is 0 Å². The topological polar surface area (TPSA) is 156 Å². The van der Waals surface area contributed by atoms with Crippen LogP contribution >= 0.6 is 0 Å². The third kappa shape index (κ3) is 4.93. The Morgan fingerprint density at radius 3 is 2.80 bits per heavy atom. The molecule has 1 N–H and O–H groups in total. The SMILES string of the molecule is CCOC(=O)c1cnn2c(-c3cccc(NC(=O)CCn4cc([N+](=O)[O-])c(OC)n4)c3)ccnc12. The highest BCUT2D eigenvalue weighted by Gasteiger charge is 2.20. The molecule has 0 saturated heterocycles. The van der Waals surface area contributed by atoms with Gasteiger partial charge in [-0.1, -0.05) is 12.1 Å². The van der Waals surface area contributed by atoms with E-state index in [9.17, 15) is 19.7 Å². The Kier molecular flexibility index (Phi) is 6.66. The molecule has 0 saturated carbocycles. The zero-order chi connectivity index (χ0) is 24.9. The maximum atomic E-state index is 12.5. The summed E-state index contributed by atoms with van der Waals surface area (Å²) in [6.45, 7) is 2.09. The van der Waals surface area contributed by atoms with Gasteiger partial charge in [0.15, 0.2) is 5.65 Å². The van der Waals surface area contributed by atoms with E-state index in [1.54, 1.807) is 37.4 Å².